The van der Waals surface area contributed by atoms with Crippen LogP contribution >= 0.6 is 11.3 Å². The molecule has 6 nitrogen and oxygen atoms in total. The summed E-state index contributed by atoms with van der Waals surface area (Å²) in [5.74, 6) is -0.0335. The van der Waals surface area contributed by atoms with Crippen LogP contribution < -0.4 is 15.5 Å². The summed E-state index contributed by atoms with van der Waals surface area (Å²) in [6.45, 7) is 1.60. The lowest BCUT2D eigenvalue weighted by Crippen LogP contribution is -2.22. The number of benzene rings is 1. The van der Waals surface area contributed by atoms with Crippen LogP contribution in [0, 0.1) is 0 Å². The Morgan fingerprint density at radius 2 is 2.00 bits per heavy atom. The number of rotatable bonds is 7. The number of pyridine rings is 1. The van der Waals surface area contributed by atoms with E-state index in [9.17, 15) is 4.79 Å². The molecule has 2 aromatic heterocycles. The Morgan fingerprint density at radius 3 is 2.82 bits per heavy atom. The Bertz CT molecular complexity index is 899. The molecule has 3 heterocycles. The SMILES string of the molecule is O=C(CCNc1ccncc1)Nc1nc([C@H]2CCCN2c2ccccc2)cs1. The molecule has 144 valence electrons. The lowest BCUT2D eigenvalue weighted by molar-refractivity contribution is -0.115. The fourth-order valence-electron chi connectivity index (χ4n) is 3.47. The van der Waals surface area contributed by atoms with Crippen molar-refractivity contribution in [3.05, 3.63) is 65.9 Å². The highest BCUT2D eigenvalue weighted by Crippen LogP contribution is 2.37. The molecule has 7 heteroatoms. The van der Waals surface area contributed by atoms with Crippen LogP contribution in [-0.2, 0) is 4.79 Å². The number of aromatic nitrogens is 2. The van der Waals surface area contributed by atoms with E-state index >= 15 is 0 Å². The molecule has 2 N–H and O–H groups in total. The minimum atomic E-state index is -0.0335. The Kier molecular flexibility index (Phi) is 5.82. The third-order valence-electron chi connectivity index (χ3n) is 4.81. The summed E-state index contributed by atoms with van der Waals surface area (Å²) < 4.78 is 0. The number of nitrogens with one attached hydrogen (secondary N) is 2. The maximum Gasteiger partial charge on any atom is 0.227 e. The zero-order chi connectivity index (χ0) is 19.2. The Labute approximate surface area is 168 Å². The molecule has 0 unspecified atom stereocenters. The molecule has 0 spiro atoms. The molecule has 1 fully saturated rings. The van der Waals surface area contributed by atoms with Crippen LogP contribution in [0.25, 0.3) is 0 Å². The van der Waals surface area contributed by atoms with E-state index in [0.717, 1.165) is 30.8 Å². The van der Waals surface area contributed by atoms with E-state index in [0.29, 0.717) is 18.1 Å². The highest BCUT2D eigenvalue weighted by molar-refractivity contribution is 7.13. The molecule has 3 aromatic rings. The van der Waals surface area contributed by atoms with Crippen LogP contribution in [0.1, 0.15) is 31.0 Å². The molecule has 0 aliphatic carbocycles. The molecule has 1 aromatic carbocycles. The Hall–Kier alpha value is -2.93. The van der Waals surface area contributed by atoms with Crippen molar-refractivity contribution in [3.8, 4) is 0 Å². The van der Waals surface area contributed by atoms with Gasteiger partial charge in [0.25, 0.3) is 0 Å². The van der Waals surface area contributed by atoms with Gasteiger partial charge in [0.05, 0.1) is 11.7 Å². The number of para-hydroxylation sites is 1. The quantitative estimate of drug-likeness (QED) is 0.626. The zero-order valence-electron chi connectivity index (χ0n) is 15.5. The van der Waals surface area contributed by atoms with Crippen molar-refractivity contribution >= 4 is 33.8 Å². The van der Waals surface area contributed by atoms with Crippen molar-refractivity contribution in [2.24, 2.45) is 0 Å². The van der Waals surface area contributed by atoms with E-state index in [1.165, 1.54) is 17.0 Å². The summed E-state index contributed by atoms with van der Waals surface area (Å²) in [4.78, 5) is 23.3. The number of hydrogen-bond donors (Lipinski definition) is 2. The van der Waals surface area contributed by atoms with E-state index in [1.54, 1.807) is 12.4 Å². The minimum absolute atomic E-state index is 0.0335. The molecule has 1 atom stereocenters. The maximum absolute atomic E-state index is 12.2. The summed E-state index contributed by atoms with van der Waals surface area (Å²) in [5.41, 5.74) is 3.23. The molecule has 4 rings (SSSR count). The second-order valence-corrected chi connectivity index (χ2v) is 7.58. The predicted molar refractivity (Wildman–Crippen MR) is 114 cm³/mol. The number of anilines is 3. The van der Waals surface area contributed by atoms with Gasteiger partial charge in [0.15, 0.2) is 5.13 Å². The van der Waals surface area contributed by atoms with Crippen LogP contribution in [0.2, 0.25) is 0 Å². The normalized spacial score (nSPS) is 16.1. The van der Waals surface area contributed by atoms with E-state index in [-0.39, 0.29) is 11.9 Å². The molecule has 1 amide bonds. The number of thiazole rings is 1. The van der Waals surface area contributed by atoms with E-state index in [4.69, 9.17) is 4.98 Å². The molecular formula is C21H23N5OS. The van der Waals surface area contributed by atoms with Crippen molar-refractivity contribution in [2.75, 3.05) is 28.6 Å². The summed E-state index contributed by atoms with van der Waals surface area (Å²) in [6.07, 6.45) is 6.07. The van der Waals surface area contributed by atoms with E-state index in [1.807, 2.05) is 18.2 Å². The lowest BCUT2D eigenvalue weighted by Gasteiger charge is -2.25. The first-order chi connectivity index (χ1) is 13.8. The van der Waals surface area contributed by atoms with Crippen molar-refractivity contribution in [1.82, 2.24) is 9.97 Å². The maximum atomic E-state index is 12.2. The number of hydrogen-bond acceptors (Lipinski definition) is 6. The van der Waals surface area contributed by atoms with Crippen LogP contribution in [0.5, 0.6) is 0 Å². The van der Waals surface area contributed by atoms with Gasteiger partial charge in [-0.3, -0.25) is 9.78 Å². The van der Waals surface area contributed by atoms with Gasteiger partial charge in [-0.25, -0.2) is 4.98 Å². The summed E-state index contributed by atoms with van der Waals surface area (Å²) in [5, 5.41) is 8.87. The van der Waals surface area contributed by atoms with E-state index < -0.39 is 0 Å². The van der Waals surface area contributed by atoms with Gasteiger partial charge in [-0.05, 0) is 37.1 Å². The number of nitrogens with zero attached hydrogens (tertiary/aromatic N) is 3. The lowest BCUT2D eigenvalue weighted by atomic mass is 10.1. The molecule has 28 heavy (non-hydrogen) atoms. The van der Waals surface area contributed by atoms with Gasteiger partial charge in [-0.1, -0.05) is 18.2 Å². The monoisotopic (exact) mass is 393 g/mol. The zero-order valence-corrected chi connectivity index (χ0v) is 16.4. The van der Waals surface area contributed by atoms with Crippen molar-refractivity contribution in [1.29, 1.82) is 0 Å². The van der Waals surface area contributed by atoms with Crippen LogP contribution in [0.4, 0.5) is 16.5 Å². The summed E-state index contributed by atoms with van der Waals surface area (Å²) >= 11 is 1.49. The van der Waals surface area contributed by atoms with Gasteiger partial charge in [-0.2, -0.15) is 0 Å². The largest absolute Gasteiger partial charge is 0.384 e. The molecule has 0 bridgehead atoms. The fraction of sp³-hybridized carbons (Fsp3) is 0.286. The summed E-state index contributed by atoms with van der Waals surface area (Å²) in [7, 11) is 0. The highest BCUT2D eigenvalue weighted by atomic mass is 32.1. The van der Waals surface area contributed by atoms with Gasteiger partial charge >= 0.3 is 0 Å². The van der Waals surface area contributed by atoms with Gasteiger partial charge in [0.2, 0.25) is 5.91 Å². The first-order valence-electron chi connectivity index (χ1n) is 9.50. The van der Waals surface area contributed by atoms with E-state index in [2.05, 4.69) is 50.2 Å². The second-order valence-electron chi connectivity index (χ2n) is 6.73. The van der Waals surface area contributed by atoms with Crippen LogP contribution in [0.15, 0.2) is 60.2 Å². The number of amides is 1. The average molecular weight is 394 g/mol. The smallest absolute Gasteiger partial charge is 0.227 e. The molecule has 1 aliphatic heterocycles. The number of carbonyl (C=O) groups excluding carboxylic acids is 1. The van der Waals surface area contributed by atoms with Crippen LogP contribution in [0.3, 0.4) is 0 Å². The average Bonchev–Trinajstić information content (AvgIpc) is 3.39. The Morgan fingerprint density at radius 1 is 1.18 bits per heavy atom. The first-order valence-corrected chi connectivity index (χ1v) is 10.4. The predicted octanol–water partition coefficient (Wildman–Crippen LogP) is 4.32. The van der Waals surface area contributed by atoms with Gasteiger partial charge in [0.1, 0.15) is 0 Å². The van der Waals surface area contributed by atoms with Crippen molar-refractivity contribution < 1.29 is 4.79 Å². The molecule has 1 aliphatic rings. The standard InChI is InChI=1S/C21H23N5OS/c27-20(10-13-23-16-8-11-22-12-9-16)25-21-24-18(15-28-21)19-7-4-14-26(19)17-5-2-1-3-6-17/h1-3,5-6,8-9,11-12,15,19H,4,7,10,13-14H2,(H,22,23)(H,24,25,27)/t19-/m1/s1. The first kappa shape index (κ1) is 18.4. The Balaban J connectivity index is 1.32. The third-order valence-corrected chi connectivity index (χ3v) is 5.59. The minimum Gasteiger partial charge on any atom is -0.384 e. The summed E-state index contributed by atoms with van der Waals surface area (Å²) in [6, 6.07) is 14.5. The van der Waals surface area contributed by atoms with Gasteiger partial charge < -0.3 is 15.5 Å². The van der Waals surface area contributed by atoms with Gasteiger partial charge in [-0.15, -0.1) is 11.3 Å². The molecule has 0 radical (unpaired) electrons. The molecule has 0 saturated carbocycles. The van der Waals surface area contributed by atoms with Crippen LogP contribution in [-0.4, -0.2) is 29.0 Å². The fourth-order valence-corrected chi connectivity index (χ4v) is 4.24. The molecular weight excluding hydrogens is 370 g/mol. The number of carbonyl (C=O) groups is 1. The van der Waals surface area contributed by atoms with Gasteiger partial charge in [0, 0.05) is 48.7 Å². The highest BCUT2D eigenvalue weighted by Gasteiger charge is 2.28. The molecule has 1 saturated heterocycles. The second kappa shape index (κ2) is 8.84. The van der Waals surface area contributed by atoms with Crippen molar-refractivity contribution in [2.45, 2.75) is 25.3 Å². The van der Waals surface area contributed by atoms with Crippen molar-refractivity contribution in [3.63, 3.8) is 0 Å². The third kappa shape index (κ3) is 4.48. The topological polar surface area (TPSA) is 70.1 Å².